The van der Waals surface area contributed by atoms with Gasteiger partial charge in [-0.2, -0.15) is 4.98 Å². The molecule has 4 rings (SSSR count). The Balaban J connectivity index is 1.39. The number of benzene rings is 3. The maximum Gasteiger partial charge on any atom is 0.573 e. The molecule has 0 fully saturated rings. The molecule has 0 saturated carbocycles. The third-order valence-electron chi connectivity index (χ3n) is 5.19. The number of hydrogen-bond acceptors (Lipinski definition) is 8. The molecule has 1 aromatic heterocycles. The van der Waals surface area contributed by atoms with Crippen LogP contribution in [0.3, 0.4) is 0 Å². The summed E-state index contributed by atoms with van der Waals surface area (Å²) in [7, 11) is -3.97. The van der Waals surface area contributed by atoms with Crippen molar-refractivity contribution >= 4 is 50.6 Å². The number of alkyl halides is 3. The van der Waals surface area contributed by atoms with Crippen molar-refractivity contribution in [1.82, 2.24) is 9.97 Å². The predicted octanol–water partition coefficient (Wildman–Crippen LogP) is 5.46. The molecule has 3 aromatic carbocycles. The zero-order valence-corrected chi connectivity index (χ0v) is 21.5. The number of urea groups is 1. The Labute approximate surface area is 226 Å². The van der Waals surface area contributed by atoms with Crippen molar-refractivity contribution in [3.8, 4) is 5.75 Å². The van der Waals surface area contributed by atoms with E-state index in [1.54, 1.807) is 43.3 Å². The average Bonchev–Trinajstić information content (AvgIpc) is 2.86. The highest BCUT2D eigenvalue weighted by Gasteiger charge is 2.31. The number of hydrogen-bond donors (Lipinski definition) is 5. The van der Waals surface area contributed by atoms with E-state index in [0.717, 1.165) is 17.7 Å². The molecule has 40 heavy (non-hydrogen) atoms. The number of rotatable bonds is 8. The van der Waals surface area contributed by atoms with Crippen LogP contribution in [-0.2, 0) is 10.0 Å². The zero-order valence-electron chi connectivity index (χ0n) is 20.7. The Morgan fingerprint density at radius 2 is 1.57 bits per heavy atom. The van der Waals surface area contributed by atoms with E-state index in [9.17, 15) is 26.4 Å². The molecule has 0 atom stereocenters. The number of para-hydroxylation sites is 1. The summed E-state index contributed by atoms with van der Waals surface area (Å²) in [6.45, 7) is 1.80. The van der Waals surface area contributed by atoms with Crippen LogP contribution in [0.1, 0.15) is 5.56 Å². The van der Waals surface area contributed by atoms with E-state index >= 15 is 0 Å². The number of sulfonamides is 1. The van der Waals surface area contributed by atoms with Gasteiger partial charge in [-0.25, -0.2) is 23.3 Å². The van der Waals surface area contributed by atoms with Gasteiger partial charge in [0.2, 0.25) is 16.0 Å². The van der Waals surface area contributed by atoms with Crippen LogP contribution < -0.4 is 31.1 Å². The van der Waals surface area contributed by atoms with Crippen LogP contribution in [0.2, 0.25) is 0 Å². The Morgan fingerprint density at radius 1 is 0.900 bits per heavy atom. The lowest BCUT2D eigenvalue weighted by molar-refractivity contribution is -0.274. The standard InChI is InChI=1S/C25H22F3N7O4S/c1-15-14-17(32-24(36)31-16-6-9-18(10-7-16)39-25(26,27)28)8-11-19(15)33-22-12-13-30-23(35-22)34-20-4-2-3-5-21(20)40(29,37)38/h2-14H,1H3,(H2,29,37,38)(H2,31,32,36)(H2,30,33,34,35). The second kappa shape index (κ2) is 11.5. The largest absolute Gasteiger partial charge is 0.573 e. The van der Waals surface area contributed by atoms with Crippen LogP contribution in [0.25, 0.3) is 0 Å². The van der Waals surface area contributed by atoms with Gasteiger partial charge >= 0.3 is 12.4 Å². The fourth-order valence-electron chi connectivity index (χ4n) is 3.48. The number of nitrogens with one attached hydrogen (secondary N) is 4. The van der Waals surface area contributed by atoms with Crippen LogP contribution in [0.4, 0.5) is 52.5 Å². The van der Waals surface area contributed by atoms with Gasteiger partial charge in [-0.3, -0.25) is 0 Å². The molecule has 0 unspecified atom stereocenters. The van der Waals surface area contributed by atoms with Crippen molar-refractivity contribution < 1.29 is 31.1 Å². The van der Waals surface area contributed by atoms with E-state index in [2.05, 4.69) is 36.0 Å². The van der Waals surface area contributed by atoms with Gasteiger partial charge < -0.3 is 26.0 Å². The first kappa shape index (κ1) is 28.1. The molecule has 0 aliphatic carbocycles. The van der Waals surface area contributed by atoms with E-state index in [0.29, 0.717) is 17.2 Å². The first-order chi connectivity index (χ1) is 18.9. The van der Waals surface area contributed by atoms with Crippen molar-refractivity contribution in [3.63, 3.8) is 0 Å². The van der Waals surface area contributed by atoms with Crippen molar-refractivity contribution in [3.05, 3.63) is 84.6 Å². The van der Waals surface area contributed by atoms with E-state index in [1.807, 2.05) is 0 Å². The summed E-state index contributed by atoms with van der Waals surface area (Å²) in [5.41, 5.74) is 2.36. The van der Waals surface area contributed by atoms with Crippen LogP contribution >= 0.6 is 0 Å². The molecule has 208 valence electrons. The summed E-state index contributed by atoms with van der Waals surface area (Å²) in [5.74, 6) is 0.133. The minimum atomic E-state index is -4.81. The van der Waals surface area contributed by atoms with Gasteiger partial charge in [-0.1, -0.05) is 12.1 Å². The van der Waals surface area contributed by atoms with Gasteiger partial charge in [0, 0.05) is 23.3 Å². The van der Waals surface area contributed by atoms with Gasteiger partial charge in [-0.05, 0) is 73.2 Å². The summed E-state index contributed by atoms with van der Waals surface area (Å²) in [6.07, 6.45) is -3.32. The fourth-order valence-corrected chi connectivity index (χ4v) is 4.17. The first-order valence-electron chi connectivity index (χ1n) is 11.4. The summed E-state index contributed by atoms with van der Waals surface area (Å²) >= 11 is 0. The van der Waals surface area contributed by atoms with Crippen LogP contribution in [0.15, 0.2) is 83.9 Å². The molecular weight excluding hydrogens is 551 g/mol. The number of aryl methyl sites for hydroxylation is 1. The zero-order chi connectivity index (χ0) is 28.9. The number of primary sulfonamides is 1. The number of nitrogens with two attached hydrogens (primary N) is 1. The Kier molecular flexibility index (Phi) is 8.06. The SMILES string of the molecule is Cc1cc(NC(=O)Nc2ccc(OC(F)(F)F)cc2)ccc1Nc1ccnc(Nc2ccccc2S(N)(=O)=O)n1. The predicted molar refractivity (Wildman–Crippen MR) is 143 cm³/mol. The minimum absolute atomic E-state index is 0.104. The van der Waals surface area contributed by atoms with Crippen LogP contribution in [0, 0.1) is 6.92 Å². The minimum Gasteiger partial charge on any atom is -0.406 e. The van der Waals surface area contributed by atoms with Crippen molar-refractivity contribution in [2.45, 2.75) is 18.2 Å². The maximum absolute atomic E-state index is 12.3. The molecule has 0 spiro atoms. The summed E-state index contributed by atoms with van der Waals surface area (Å²) in [6, 6.07) is 16.9. The molecule has 1 heterocycles. The number of amides is 2. The van der Waals surface area contributed by atoms with Gasteiger partial charge in [0.05, 0.1) is 5.69 Å². The molecule has 0 bridgehead atoms. The highest BCUT2D eigenvalue weighted by molar-refractivity contribution is 7.89. The lowest BCUT2D eigenvalue weighted by Crippen LogP contribution is -2.20. The molecule has 0 radical (unpaired) electrons. The Hall–Kier alpha value is -4.89. The smallest absolute Gasteiger partial charge is 0.406 e. The molecule has 4 aromatic rings. The topological polar surface area (TPSA) is 160 Å². The molecule has 11 nitrogen and oxygen atoms in total. The summed E-state index contributed by atoms with van der Waals surface area (Å²) < 4.78 is 64.4. The maximum atomic E-state index is 12.3. The molecule has 2 amide bonds. The molecule has 0 aliphatic rings. The number of aromatic nitrogens is 2. The third-order valence-corrected chi connectivity index (χ3v) is 6.16. The monoisotopic (exact) mass is 573 g/mol. The Bertz CT molecular complexity index is 1630. The van der Waals surface area contributed by atoms with Crippen molar-refractivity contribution in [2.24, 2.45) is 5.14 Å². The number of carbonyl (C=O) groups is 1. The van der Waals surface area contributed by atoms with E-state index < -0.39 is 28.2 Å². The number of halogens is 3. The molecule has 0 aliphatic heterocycles. The van der Waals surface area contributed by atoms with Gasteiger partial charge in [-0.15, -0.1) is 13.2 Å². The Morgan fingerprint density at radius 3 is 2.25 bits per heavy atom. The van der Waals surface area contributed by atoms with Crippen molar-refractivity contribution in [2.75, 3.05) is 21.3 Å². The molecule has 15 heteroatoms. The highest BCUT2D eigenvalue weighted by Crippen LogP contribution is 2.26. The second-order valence-corrected chi connectivity index (χ2v) is 9.77. The molecule has 6 N–H and O–H groups in total. The van der Waals surface area contributed by atoms with E-state index in [4.69, 9.17) is 5.14 Å². The second-order valence-electron chi connectivity index (χ2n) is 8.24. The third kappa shape index (κ3) is 7.81. The number of nitrogens with zero attached hydrogens (tertiary/aromatic N) is 2. The van der Waals surface area contributed by atoms with E-state index in [-0.39, 0.29) is 22.2 Å². The fraction of sp³-hybridized carbons (Fsp3) is 0.0800. The molecular formula is C25H22F3N7O4S. The van der Waals surface area contributed by atoms with Crippen LogP contribution in [0.5, 0.6) is 5.75 Å². The number of carbonyl (C=O) groups excluding carboxylic acids is 1. The van der Waals surface area contributed by atoms with Crippen molar-refractivity contribution in [1.29, 1.82) is 0 Å². The van der Waals surface area contributed by atoms with Crippen LogP contribution in [-0.4, -0.2) is 30.8 Å². The summed E-state index contributed by atoms with van der Waals surface area (Å²) in [4.78, 5) is 20.7. The van der Waals surface area contributed by atoms with Gasteiger partial charge in [0.25, 0.3) is 0 Å². The average molecular weight is 574 g/mol. The number of ether oxygens (including phenoxy) is 1. The quantitative estimate of drug-likeness (QED) is 0.186. The normalized spacial score (nSPS) is 11.4. The lowest BCUT2D eigenvalue weighted by Gasteiger charge is -2.13. The lowest BCUT2D eigenvalue weighted by atomic mass is 10.1. The van der Waals surface area contributed by atoms with E-state index in [1.165, 1.54) is 30.5 Å². The highest BCUT2D eigenvalue weighted by atomic mass is 32.2. The van der Waals surface area contributed by atoms with Gasteiger partial charge in [0.1, 0.15) is 16.5 Å². The van der Waals surface area contributed by atoms with Gasteiger partial charge in [0.15, 0.2) is 0 Å². The molecule has 0 saturated heterocycles. The first-order valence-corrected chi connectivity index (χ1v) is 12.9. The number of anilines is 6. The summed E-state index contributed by atoms with van der Waals surface area (Å²) in [5, 5.41) is 16.4.